The van der Waals surface area contributed by atoms with Crippen LogP contribution >= 0.6 is 12.4 Å². The van der Waals surface area contributed by atoms with Crippen molar-refractivity contribution in [3.05, 3.63) is 23.8 Å². The van der Waals surface area contributed by atoms with Crippen molar-refractivity contribution in [2.75, 3.05) is 5.73 Å². The summed E-state index contributed by atoms with van der Waals surface area (Å²) in [6.07, 6.45) is 1.24. The second-order valence-corrected chi connectivity index (χ2v) is 7.72. The minimum atomic E-state index is -0.303. The summed E-state index contributed by atoms with van der Waals surface area (Å²) in [6, 6.07) is 5.55. The predicted molar refractivity (Wildman–Crippen MR) is 92.4 cm³/mol. The van der Waals surface area contributed by atoms with Gasteiger partial charge in [-0.15, -0.1) is 12.4 Å². The van der Waals surface area contributed by atoms with Crippen molar-refractivity contribution in [2.45, 2.75) is 59.1 Å². The molecular formula is C17H27ClN2O2. The molecule has 1 unspecified atom stereocenters. The molecule has 0 radical (unpaired) electrons. The first kappa shape index (κ1) is 18.6. The minimum absolute atomic E-state index is 0. The number of nitrogens with two attached hydrogens (primary N) is 1. The highest BCUT2D eigenvalue weighted by atomic mass is 35.5. The Hall–Kier alpha value is -1.42. The number of amides is 1. The summed E-state index contributed by atoms with van der Waals surface area (Å²) in [6.45, 7) is 10.3. The molecular weight excluding hydrogens is 300 g/mol. The summed E-state index contributed by atoms with van der Waals surface area (Å²) < 4.78 is 5.98. The predicted octanol–water partition coefficient (Wildman–Crippen LogP) is 3.85. The second kappa shape index (κ2) is 6.37. The summed E-state index contributed by atoms with van der Waals surface area (Å²) in [4.78, 5) is 12.2. The van der Waals surface area contributed by atoms with E-state index in [9.17, 15) is 4.79 Å². The number of nitrogen functional groups attached to an aromatic ring is 1. The third-order valence-corrected chi connectivity index (χ3v) is 3.52. The molecule has 5 heteroatoms. The van der Waals surface area contributed by atoms with Gasteiger partial charge in [0.25, 0.3) is 0 Å². The molecule has 1 amide bonds. The standard InChI is InChI=1S/C17H26N2O2.ClH/c1-16(2,3)10-15(20)19-13-9-17(4,5)21-14-7-6-11(18)8-12(13)14;/h6-8,13H,9-10,18H2,1-5H3,(H,19,20);1H. The fourth-order valence-electron chi connectivity index (χ4n) is 2.73. The number of benzene rings is 1. The van der Waals surface area contributed by atoms with Crippen LogP contribution in [0.3, 0.4) is 0 Å². The summed E-state index contributed by atoms with van der Waals surface area (Å²) in [5, 5.41) is 3.14. The van der Waals surface area contributed by atoms with Crippen molar-refractivity contribution >= 4 is 24.0 Å². The molecule has 0 fully saturated rings. The number of nitrogens with one attached hydrogen (secondary N) is 1. The largest absolute Gasteiger partial charge is 0.487 e. The lowest BCUT2D eigenvalue weighted by atomic mass is 9.88. The fraction of sp³-hybridized carbons (Fsp3) is 0.588. The van der Waals surface area contributed by atoms with E-state index in [4.69, 9.17) is 10.5 Å². The number of fused-ring (bicyclic) bond motifs is 1. The zero-order chi connectivity index (χ0) is 15.8. The van der Waals surface area contributed by atoms with E-state index >= 15 is 0 Å². The van der Waals surface area contributed by atoms with Gasteiger partial charge in [-0.3, -0.25) is 4.79 Å². The van der Waals surface area contributed by atoms with E-state index in [0.29, 0.717) is 12.1 Å². The molecule has 0 aliphatic carbocycles. The van der Waals surface area contributed by atoms with Crippen molar-refractivity contribution in [3.8, 4) is 5.75 Å². The zero-order valence-corrected chi connectivity index (χ0v) is 14.8. The summed E-state index contributed by atoms with van der Waals surface area (Å²) in [5.74, 6) is 0.875. The fourth-order valence-corrected chi connectivity index (χ4v) is 2.73. The van der Waals surface area contributed by atoms with Crippen molar-refractivity contribution in [2.24, 2.45) is 5.41 Å². The number of ether oxygens (including phenoxy) is 1. The molecule has 1 aromatic rings. The van der Waals surface area contributed by atoms with Crippen molar-refractivity contribution in [3.63, 3.8) is 0 Å². The third kappa shape index (κ3) is 4.80. The Morgan fingerprint density at radius 1 is 1.41 bits per heavy atom. The zero-order valence-electron chi connectivity index (χ0n) is 14.0. The topological polar surface area (TPSA) is 64.3 Å². The van der Waals surface area contributed by atoms with Crippen LogP contribution in [0.4, 0.5) is 5.69 Å². The number of hydrogen-bond donors (Lipinski definition) is 2. The molecule has 1 atom stereocenters. The number of carbonyl (C=O) groups excluding carboxylic acids is 1. The van der Waals surface area contributed by atoms with Crippen LogP contribution < -0.4 is 15.8 Å². The van der Waals surface area contributed by atoms with Crippen molar-refractivity contribution < 1.29 is 9.53 Å². The Kier molecular flexibility index (Phi) is 5.39. The lowest BCUT2D eigenvalue weighted by Crippen LogP contribution is -2.42. The number of carbonyl (C=O) groups is 1. The molecule has 1 aliphatic rings. The number of halogens is 1. The van der Waals surface area contributed by atoms with E-state index in [1.165, 1.54) is 0 Å². The lowest BCUT2D eigenvalue weighted by Gasteiger charge is -2.38. The molecule has 3 N–H and O–H groups in total. The number of rotatable bonds is 2. The first-order valence-electron chi connectivity index (χ1n) is 7.44. The van der Waals surface area contributed by atoms with Crippen molar-refractivity contribution in [1.29, 1.82) is 0 Å². The first-order valence-corrected chi connectivity index (χ1v) is 7.44. The van der Waals surface area contributed by atoms with Crippen molar-refractivity contribution in [1.82, 2.24) is 5.32 Å². The molecule has 0 saturated carbocycles. The Bertz CT molecular complexity index is 550. The van der Waals surface area contributed by atoms with Crippen LogP contribution in [0.25, 0.3) is 0 Å². The van der Waals surface area contributed by atoms with Gasteiger partial charge in [0.1, 0.15) is 11.4 Å². The molecule has 0 spiro atoms. The van der Waals surface area contributed by atoms with E-state index in [1.807, 2.05) is 32.0 Å². The maximum absolute atomic E-state index is 12.2. The highest BCUT2D eigenvalue weighted by Gasteiger charge is 2.35. The van der Waals surface area contributed by atoms with E-state index in [0.717, 1.165) is 17.7 Å². The Morgan fingerprint density at radius 2 is 2.05 bits per heavy atom. The van der Waals surface area contributed by atoms with Gasteiger partial charge in [-0.1, -0.05) is 20.8 Å². The molecule has 1 heterocycles. The van der Waals surface area contributed by atoms with Crippen LogP contribution in [0.15, 0.2) is 18.2 Å². The summed E-state index contributed by atoms with van der Waals surface area (Å²) in [7, 11) is 0. The minimum Gasteiger partial charge on any atom is -0.487 e. The maximum Gasteiger partial charge on any atom is 0.221 e. The molecule has 0 saturated heterocycles. The second-order valence-electron chi connectivity index (χ2n) is 7.72. The summed E-state index contributed by atoms with van der Waals surface area (Å²) >= 11 is 0. The van der Waals surface area contributed by atoms with Gasteiger partial charge in [0.15, 0.2) is 0 Å². The Morgan fingerprint density at radius 3 is 2.64 bits per heavy atom. The van der Waals surface area contributed by atoms with E-state index in [1.54, 1.807) is 0 Å². The number of anilines is 1. The van der Waals surface area contributed by atoms with Gasteiger partial charge >= 0.3 is 0 Å². The SMILES string of the molecule is CC(C)(C)CC(=O)NC1CC(C)(C)Oc2ccc(N)cc21.Cl. The normalized spacial score (nSPS) is 19.4. The van der Waals surface area contributed by atoms with Gasteiger partial charge in [-0.25, -0.2) is 0 Å². The van der Waals surface area contributed by atoms with Crippen LogP contribution in [0.2, 0.25) is 0 Å². The number of hydrogen-bond acceptors (Lipinski definition) is 3. The molecule has 1 aliphatic heterocycles. The molecule has 22 heavy (non-hydrogen) atoms. The monoisotopic (exact) mass is 326 g/mol. The molecule has 0 aromatic heterocycles. The highest BCUT2D eigenvalue weighted by Crippen LogP contribution is 2.40. The maximum atomic E-state index is 12.2. The van der Waals surface area contributed by atoms with Crippen LogP contribution in [0.1, 0.15) is 59.1 Å². The van der Waals surface area contributed by atoms with Crippen LogP contribution in [0.5, 0.6) is 5.75 Å². The Labute approximate surface area is 139 Å². The molecule has 124 valence electrons. The summed E-state index contributed by atoms with van der Waals surface area (Å²) in [5.41, 5.74) is 7.20. The van der Waals surface area contributed by atoms with Gasteiger partial charge in [0.2, 0.25) is 5.91 Å². The van der Waals surface area contributed by atoms with Gasteiger partial charge in [0, 0.05) is 24.1 Å². The van der Waals surface area contributed by atoms with Crippen LogP contribution in [-0.2, 0) is 4.79 Å². The molecule has 2 rings (SSSR count). The van der Waals surface area contributed by atoms with Gasteiger partial charge in [-0.2, -0.15) is 0 Å². The van der Waals surface area contributed by atoms with E-state index in [-0.39, 0.29) is 35.4 Å². The third-order valence-electron chi connectivity index (χ3n) is 3.52. The van der Waals surface area contributed by atoms with E-state index in [2.05, 4.69) is 26.1 Å². The van der Waals surface area contributed by atoms with Crippen LogP contribution in [0, 0.1) is 5.41 Å². The quantitative estimate of drug-likeness (QED) is 0.811. The highest BCUT2D eigenvalue weighted by molar-refractivity contribution is 5.85. The first-order chi connectivity index (χ1) is 9.56. The van der Waals surface area contributed by atoms with Gasteiger partial charge in [0.05, 0.1) is 6.04 Å². The molecule has 0 bridgehead atoms. The van der Waals surface area contributed by atoms with Crippen LogP contribution in [-0.4, -0.2) is 11.5 Å². The van der Waals surface area contributed by atoms with E-state index < -0.39 is 0 Å². The Balaban J connectivity index is 0.00000242. The van der Waals surface area contributed by atoms with Gasteiger partial charge in [-0.05, 0) is 37.5 Å². The van der Waals surface area contributed by atoms with Gasteiger partial charge < -0.3 is 15.8 Å². The smallest absolute Gasteiger partial charge is 0.221 e. The molecule has 4 nitrogen and oxygen atoms in total. The average Bonchev–Trinajstić information content (AvgIpc) is 2.26. The lowest BCUT2D eigenvalue weighted by molar-refractivity contribution is -0.124. The molecule has 1 aromatic carbocycles. The average molecular weight is 327 g/mol.